The molecule has 146 valence electrons. The quantitative estimate of drug-likeness (QED) is 0.817. The van der Waals surface area contributed by atoms with Gasteiger partial charge in [0.05, 0.1) is 25.0 Å². The molecule has 8 heteroatoms. The van der Waals surface area contributed by atoms with E-state index in [1.165, 1.54) is 18.3 Å². The highest BCUT2D eigenvalue weighted by Gasteiger charge is 2.22. The van der Waals surface area contributed by atoms with Crippen LogP contribution < -0.4 is 9.47 Å². The molecule has 0 saturated carbocycles. The number of carboxylic acids is 1. The van der Waals surface area contributed by atoms with Crippen molar-refractivity contribution in [1.82, 2.24) is 9.88 Å². The van der Waals surface area contributed by atoms with E-state index in [1.54, 1.807) is 23.1 Å². The van der Waals surface area contributed by atoms with Crippen LogP contribution in [0.25, 0.3) is 0 Å². The molecule has 1 atom stereocenters. The van der Waals surface area contributed by atoms with Crippen molar-refractivity contribution < 1.29 is 28.9 Å². The van der Waals surface area contributed by atoms with Gasteiger partial charge in [-0.2, -0.15) is 0 Å². The van der Waals surface area contributed by atoms with Gasteiger partial charge in [0.2, 0.25) is 0 Å². The van der Waals surface area contributed by atoms with E-state index in [-0.39, 0.29) is 17.6 Å². The van der Waals surface area contributed by atoms with Crippen LogP contribution in [-0.4, -0.2) is 59.3 Å². The molecule has 0 radical (unpaired) electrons. The average molecular weight is 384 g/mol. The van der Waals surface area contributed by atoms with Gasteiger partial charge in [0.15, 0.2) is 0 Å². The summed E-state index contributed by atoms with van der Waals surface area (Å²) in [6.45, 7) is 2.62. The van der Waals surface area contributed by atoms with E-state index in [2.05, 4.69) is 4.98 Å². The fourth-order valence-electron chi connectivity index (χ4n) is 3.01. The van der Waals surface area contributed by atoms with Crippen molar-refractivity contribution >= 4 is 11.9 Å². The van der Waals surface area contributed by atoms with Gasteiger partial charge in [-0.05, 0) is 30.7 Å². The van der Waals surface area contributed by atoms with E-state index in [9.17, 15) is 14.7 Å². The summed E-state index contributed by atoms with van der Waals surface area (Å²) in [4.78, 5) is 29.5. The van der Waals surface area contributed by atoms with Crippen LogP contribution in [0.5, 0.6) is 17.2 Å². The number of nitrogens with zero attached hydrogens (tertiary/aromatic N) is 2. The topological polar surface area (TPSA) is 98.2 Å². The highest BCUT2D eigenvalue weighted by Crippen LogP contribution is 2.29. The van der Waals surface area contributed by atoms with E-state index in [4.69, 9.17) is 14.2 Å². The largest absolute Gasteiger partial charge is 0.488 e. The number of aromatic carboxylic acids is 1. The lowest BCUT2D eigenvalue weighted by molar-refractivity contribution is 0.0644. The molecule has 1 aromatic heterocycles. The number of carboxylic acid groups (broad SMARTS) is 1. The third kappa shape index (κ3) is 4.07. The van der Waals surface area contributed by atoms with Crippen molar-refractivity contribution in [3.63, 3.8) is 0 Å². The van der Waals surface area contributed by atoms with Gasteiger partial charge < -0.3 is 24.2 Å². The van der Waals surface area contributed by atoms with Crippen LogP contribution in [0.1, 0.15) is 33.7 Å². The normalized spacial score (nSPS) is 18.4. The number of hydrogen-bond acceptors (Lipinski definition) is 6. The first-order valence-electron chi connectivity index (χ1n) is 9.14. The molecule has 0 bridgehead atoms. The molecule has 0 spiro atoms. The van der Waals surface area contributed by atoms with Crippen molar-refractivity contribution in [2.75, 3.05) is 26.3 Å². The van der Waals surface area contributed by atoms with Crippen LogP contribution in [0.3, 0.4) is 0 Å². The third-order valence-corrected chi connectivity index (χ3v) is 4.65. The Kier molecular flexibility index (Phi) is 5.12. The summed E-state index contributed by atoms with van der Waals surface area (Å²) in [5.41, 5.74) is 0.417. The second-order valence-electron chi connectivity index (χ2n) is 6.73. The molecule has 2 aliphatic rings. The van der Waals surface area contributed by atoms with E-state index in [0.29, 0.717) is 36.2 Å². The van der Waals surface area contributed by atoms with Gasteiger partial charge in [0.25, 0.3) is 5.91 Å². The summed E-state index contributed by atoms with van der Waals surface area (Å²) in [7, 11) is 0. The Morgan fingerprint density at radius 2 is 1.96 bits per heavy atom. The molecule has 1 aromatic carbocycles. The lowest BCUT2D eigenvalue weighted by Gasteiger charge is -2.30. The van der Waals surface area contributed by atoms with Gasteiger partial charge >= 0.3 is 5.97 Å². The van der Waals surface area contributed by atoms with Crippen LogP contribution in [0.15, 0.2) is 36.5 Å². The second-order valence-corrected chi connectivity index (χ2v) is 6.73. The van der Waals surface area contributed by atoms with Gasteiger partial charge in [-0.1, -0.05) is 0 Å². The zero-order valence-electron chi connectivity index (χ0n) is 15.2. The molecular weight excluding hydrogens is 364 g/mol. The maximum Gasteiger partial charge on any atom is 0.335 e. The molecule has 2 fully saturated rings. The van der Waals surface area contributed by atoms with Crippen LogP contribution in [-0.2, 0) is 4.74 Å². The molecule has 0 unspecified atom stereocenters. The maximum absolute atomic E-state index is 12.2. The van der Waals surface area contributed by atoms with E-state index in [0.717, 1.165) is 25.9 Å². The first-order valence-corrected chi connectivity index (χ1v) is 9.14. The molecule has 2 saturated heterocycles. The third-order valence-electron chi connectivity index (χ3n) is 4.65. The number of pyridine rings is 1. The number of likely N-dealkylation sites (tertiary alicyclic amines) is 1. The lowest BCUT2D eigenvalue weighted by Crippen LogP contribution is -2.42. The molecular formula is C20H20N2O6. The number of benzene rings is 1. The maximum atomic E-state index is 12.2. The van der Waals surface area contributed by atoms with Gasteiger partial charge in [-0.3, -0.25) is 4.79 Å². The number of carbonyl (C=O) groups excluding carboxylic acids is 1. The summed E-state index contributed by atoms with van der Waals surface area (Å²) in [6, 6.07) is 7.74. The van der Waals surface area contributed by atoms with E-state index in [1.807, 2.05) is 0 Å². The molecule has 2 aromatic rings. The molecule has 1 N–H and O–H groups in total. The predicted octanol–water partition coefficient (Wildman–Crippen LogP) is 2.59. The summed E-state index contributed by atoms with van der Waals surface area (Å²) >= 11 is 0. The highest BCUT2D eigenvalue weighted by molar-refractivity contribution is 5.92. The number of ether oxygens (including phenoxy) is 3. The minimum atomic E-state index is -1.08. The standard InChI is InChI=1S/C20H20N2O6/c23-19(22-5-1-6-22)18-3-2-14(11-21-18)27-16-8-13(20(24)25)9-17(10-16)28-15-4-7-26-12-15/h2-3,8-11,15H,1,4-7,12H2,(H,24,25)/t15-/m0/s1. The number of amides is 1. The van der Waals surface area contributed by atoms with Gasteiger partial charge in [-0.25, -0.2) is 9.78 Å². The number of hydrogen-bond donors (Lipinski definition) is 1. The van der Waals surface area contributed by atoms with E-state index >= 15 is 0 Å². The minimum Gasteiger partial charge on any atom is -0.488 e. The Morgan fingerprint density at radius 1 is 1.14 bits per heavy atom. The SMILES string of the molecule is O=C(O)c1cc(Oc2ccc(C(=O)N3CCC3)nc2)cc(O[C@H]2CCOC2)c1. The van der Waals surface area contributed by atoms with Gasteiger partial charge in [0, 0.05) is 25.6 Å². The van der Waals surface area contributed by atoms with Crippen molar-refractivity contribution in [1.29, 1.82) is 0 Å². The number of rotatable bonds is 6. The summed E-state index contributed by atoms with van der Waals surface area (Å²) in [6.07, 6.45) is 3.12. The lowest BCUT2D eigenvalue weighted by atomic mass is 10.2. The Hall–Kier alpha value is -3.13. The molecule has 0 aliphatic carbocycles. The van der Waals surface area contributed by atoms with Crippen LogP contribution in [0, 0.1) is 0 Å². The molecule has 4 rings (SSSR count). The van der Waals surface area contributed by atoms with Crippen molar-refractivity contribution in [3.05, 3.63) is 47.8 Å². The first kappa shape index (κ1) is 18.2. The predicted molar refractivity (Wildman–Crippen MR) is 98.1 cm³/mol. The zero-order valence-corrected chi connectivity index (χ0v) is 15.2. The van der Waals surface area contributed by atoms with Crippen molar-refractivity contribution in [3.8, 4) is 17.2 Å². The molecule has 3 heterocycles. The zero-order chi connectivity index (χ0) is 19.5. The molecule has 1 amide bonds. The van der Waals surface area contributed by atoms with Crippen molar-refractivity contribution in [2.45, 2.75) is 18.9 Å². The fraction of sp³-hybridized carbons (Fsp3) is 0.350. The number of aromatic nitrogens is 1. The minimum absolute atomic E-state index is 0.0592. The smallest absolute Gasteiger partial charge is 0.335 e. The summed E-state index contributed by atoms with van der Waals surface area (Å²) in [5.74, 6) is -0.0510. The Morgan fingerprint density at radius 3 is 2.57 bits per heavy atom. The van der Waals surface area contributed by atoms with Gasteiger partial charge in [-0.15, -0.1) is 0 Å². The first-order chi connectivity index (χ1) is 13.6. The summed E-state index contributed by atoms with van der Waals surface area (Å²) in [5, 5.41) is 9.35. The highest BCUT2D eigenvalue weighted by atomic mass is 16.5. The van der Waals surface area contributed by atoms with Crippen LogP contribution in [0.4, 0.5) is 0 Å². The average Bonchev–Trinajstić information content (AvgIpc) is 3.13. The Balaban J connectivity index is 1.50. The second kappa shape index (κ2) is 7.85. The Labute approximate surface area is 161 Å². The van der Waals surface area contributed by atoms with Crippen LogP contribution in [0.2, 0.25) is 0 Å². The van der Waals surface area contributed by atoms with Crippen molar-refractivity contribution in [2.24, 2.45) is 0 Å². The van der Waals surface area contributed by atoms with Gasteiger partial charge in [0.1, 0.15) is 29.0 Å². The molecule has 2 aliphatic heterocycles. The van der Waals surface area contributed by atoms with Crippen LogP contribution >= 0.6 is 0 Å². The number of carbonyl (C=O) groups is 2. The molecule has 28 heavy (non-hydrogen) atoms. The van der Waals surface area contributed by atoms with E-state index < -0.39 is 5.97 Å². The Bertz CT molecular complexity index is 873. The summed E-state index contributed by atoms with van der Waals surface area (Å²) < 4.78 is 16.8. The molecule has 8 nitrogen and oxygen atoms in total. The monoisotopic (exact) mass is 384 g/mol. The fourth-order valence-corrected chi connectivity index (χ4v) is 3.01.